The molecule has 5 heteroatoms. The maximum atomic E-state index is 13.1. The van der Waals surface area contributed by atoms with Gasteiger partial charge in [-0.25, -0.2) is 0 Å². The standard InChI is InChI=1S/C25H20N2O2S/c1-2-17-10-14-21(15-11-17)27-24(29)22(23(28)26-25(27)30)16-18-8-12-20(13-9-18)19-6-4-3-5-7-19/h3-16H,2H2,1H3,(H,26,28,30)/b22-16+. The van der Waals surface area contributed by atoms with Crippen LogP contribution in [0.4, 0.5) is 5.69 Å². The van der Waals surface area contributed by atoms with Gasteiger partial charge >= 0.3 is 0 Å². The number of nitrogens with one attached hydrogen (secondary N) is 1. The van der Waals surface area contributed by atoms with Crippen molar-refractivity contribution in [3.05, 3.63) is 95.6 Å². The highest BCUT2D eigenvalue weighted by atomic mass is 32.1. The minimum atomic E-state index is -0.487. The number of aryl methyl sites for hydroxylation is 1. The number of amides is 2. The zero-order valence-electron chi connectivity index (χ0n) is 16.5. The predicted octanol–water partition coefficient (Wildman–Crippen LogP) is 4.75. The Balaban J connectivity index is 1.63. The first kappa shape index (κ1) is 19.7. The van der Waals surface area contributed by atoms with Crippen molar-refractivity contribution in [2.24, 2.45) is 0 Å². The number of rotatable bonds is 4. The number of hydrogen-bond acceptors (Lipinski definition) is 3. The van der Waals surface area contributed by atoms with Crippen LogP contribution in [0.25, 0.3) is 17.2 Å². The number of carbonyl (C=O) groups excluding carboxylic acids is 2. The molecule has 3 aromatic carbocycles. The topological polar surface area (TPSA) is 49.4 Å². The van der Waals surface area contributed by atoms with Gasteiger partial charge in [-0.3, -0.25) is 19.8 Å². The van der Waals surface area contributed by atoms with Crippen LogP contribution in [-0.2, 0) is 16.0 Å². The van der Waals surface area contributed by atoms with Gasteiger partial charge in [0.2, 0.25) is 0 Å². The normalized spacial score (nSPS) is 15.4. The van der Waals surface area contributed by atoms with Crippen molar-refractivity contribution in [3.63, 3.8) is 0 Å². The van der Waals surface area contributed by atoms with E-state index in [0.29, 0.717) is 5.69 Å². The fourth-order valence-corrected chi connectivity index (χ4v) is 3.62. The Hall–Kier alpha value is -3.57. The number of thiocarbonyl (C=S) groups is 1. The lowest BCUT2D eigenvalue weighted by molar-refractivity contribution is -0.122. The van der Waals surface area contributed by atoms with Gasteiger partial charge in [0.1, 0.15) is 5.57 Å². The molecule has 2 amide bonds. The van der Waals surface area contributed by atoms with Gasteiger partial charge in [0.05, 0.1) is 5.69 Å². The van der Waals surface area contributed by atoms with Crippen LogP contribution in [0.15, 0.2) is 84.4 Å². The van der Waals surface area contributed by atoms with E-state index < -0.39 is 11.8 Å². The van der Waals surface area contributed by atoms with E-state index in [0.717, 1.165) is 28.7 Å². The largest absolute Gasteiger partial charge is 0.298 e. The molecule has 0 aliphatic carbocycles. The van der Waals surface area contributed by atoms with Crippen LogP contribution in [0.2, 0.25) is 0 Å². The Morgan fingerprint density at radius 3 is 2.13 bits per heavy atom. The lowest BCUT2D eigenvalue weighted by atomic mass is 10.0. The second kappa shape index (κ2) is 8.43. The molecular weight excluding hydrogens is 392 g/mol. The Bertz CT molecular complexity index is 1130. The summed E-state index contributed by atoms with van der Waals surface area (Å²) in [5.74, 6) is -0.918. The molecule has 148 valence electrons. The summed E-state index contributed by atoms with van der Waals surface area (Å²) in [5, 5.41) is 2.71. The van der Waals surface area contributed by atoms with E-state index in [4.69, 9.17) is 12.2 Å². The van der Waals surface area contributed by atoms with Gasteiger partial charge in [-0.05, 0) is 59.1 Å². The monoisotopic (exact) mass is 412 g/mol. The van der Waals surface area contributed by atoms with E-state index in [9.17, 15) is 9.59 Å². The zero-order valence-corrected chi connectivity index (χ0v) is 17.3. The third kappa shape index (κ3) is 3.93. The van der Waals surface area contributed by atoms with Crippen molar-refractivity contribution < 1.29 is 9.59 Å². The minimum absolute atomic E-state index is 0.0515. The molecule has 0 bridgehead atoms. The van der Waals surface area contributed by atoms with E-state index in [1.807, 2.05) is 78.9 Å². The number of benzene rings is 3. The summed E-state index contributed by atoms with van der Waals surface area (Å²) in [7, 11) is 0. The summed E-state index contributed by atoms with van der Waals surface area (Å²) < 4.78 is 0. The summed E-state index contributed by atoms with van der Waals surface area (Å²) in [6.45, 7) is 2.07. The van der Waals surface area contributed by atoms with Crippen molar-refractivity contribution in [1.29, 1.82) is 0 Å². The van der Waals surface area contributed by atoms with Crippen molar-refractivity contribution in [3.8, 4) is 11.1 Å². The van der Waals surface area contributed by atoms with E-state index in [-0.39, 0.29) is 10.7 Å². The number of nitrogens with zero attached hydrogens (tertiary/aromatic N) is 1. The lowest BCUT2D eigenvalue weighted by Gasteiger charge is -2.29. The first-order valence-corrected chi connectivity index (χ1v) is 10.1. The Morgan fingerprint density at radius 1 is 0.867 bits per heavy atom. The van der Waals surface area contributed by atoms with Gasteiger partial charge in [0.25, 0.3) is 11.8 Å². The summed E-state index contributed by atoms with van der Waals surface area (Å²) in [6.07, 6.45) is 2.50. The molecule has 0 aromatic heterocycles. The maximum Gasteiger partial charge on any atom is 0.270 e. The van der Waals surface area contributed by atoms with Gasteiger partial charge in [0, 0.05) is 0 Å². The molecule has 1 fully saturated rings. The Morgan fingerprint density at radius 2 is 1.50 bits per heavy atom. The second-order valence-electron chi connectivity index (χ2n) is 6.97. The molecule has 1 aliphatic heterocycles. The molecule has 4 nitrogen and oxygen atoms in total. The van der Waals surface area contributed by atoms with E-state index in [2.05, 4.69) is 12.2 Å². The molecular formula is C25H20N2O2S. The lowest BCUT2D eigenvalue weighted by Crippen LogP contribution is -2.54. The first-order valence-electron chi connectivity index (χ1n) is 9.72. The smallest absolute Gasteiger partial charge is 0.270 e. The zero-order chi connectivity index (χ0) is 21.1. The van der Waals surface area contributed by atoms with Gasteiger partial charge in [-0.1, -0.05) is 73.7 Å². The third-order valence-corrected chi connectivity index (χ3v) is 5.32. The van der Waals surface area contributed by atoms with Gasteiger partial charge in [-0.2, -0.15) is 0 Å². The molecule has 0 spiro atoms. The SMILES string of the molecule is CCc1ccc(N2C(=O)/C(=C/c3ccc(-c4ccccc4)cc3)C(=O)NC2=S)cc1. The molecule has 0 unspecified atom stereocenters. The van der Waals surface area contributed by atoms with Gasteiger partial charge in [-0.15, -0.1) is 0 Å². The molecule has 1 heterocycles. The molecule has 30 heavy (non-hydrogen) atoms. The van der Waals surface area contributed by atoms with E-state index in [1.165, 1.54) is 4.90 Å². The summed E-state index contributed by atoms with van der Waals surface area (Å²) in [4.78, 5) is 26.9. The maximum absolute atomic E-state index is 13.1. The molecule has 3 aromatic rings. The Kier molecular flexibility index (Phi) is 5.55. The highest BCUT2D eigenvalue weighted by molar-refractivity contribution is 7.80. The van der Waals surface area contributed by atoms with Crippen LogP contribution in [0.3, 0.4) is 0 Å². The van der Waals surface area contributed by atoms with Crippen LogP contribution in [0.5, 0.6) is 0 Å². The second-order valence-corrected chi connectivity index (χ2v) is 7.35. The summed E-state index contributed by atoms with van der Waals surface area (Å²) >= 11 is 5.26. The van der Waals surface area contributed by atoms with Crippen molar-refractivity contribution in [2.45, 2.75) is 13.3 Å². The Labute approximate surface area is 180 Å². The van der Waals surface area contributed by atoms with Crippen LogP contribution in [-0.4, -0.2) is 16.9 Å². The molecule has 1 aliphatic rings. The van der Waals surface area contributed by atoms with Gasteiger partial charge < -0.3 is 0 Å². The molecule has 0 saturated carbocycles. The minimum Gasteiger partial charge on any atom is -0.298 e. The molecule has 4 rings (SSSR count). The van der Waals surface area contributed by atoms with Crippen LogP contribution >= 0.6 is 12.2 Å². The van der Waals surface area contributed by atoms with E-state index >= 15 is 0 Å². The summed E-state index contributed by atoms with van der Waals surface area (Å²) in [6, 6.07) is 25.3. The van der Waals surface area contributed by atoms with E-state index in [1.54, 1.807) is 6.08 Å². The van der Waals surface area contributed by atoms with Crippen LogP contribution in [0, 0.1) is 0 Å². The highest BCUT2D eigenvalue weighted by Crippen LogP contribution is 2.24. The quantitative estimate of drug-likeness (QED) is 0.382. The number of anilines is 1. The first-order chi connectivity index (χ1) is 14.6. The molecule has 1 saturated heterocycles. The fraction of sp³-hybridized carbons (Fsp3) is 0.0800. The van der Waals surface area contributed by atoms with Crippen LogP contribution < -0.4 is 10.2 Å². The highest BCUT2D eigenvalue weighted by Gasteiger charge is 2.34. The van der Waals surface area contributed by atoms with Crippen molar-refractivity contribution >= 4 is 40.9 Å². The third-order valence-electron chi connectivity index (χ3n) is 5.03. The molecule has 0 radical (unpaired) electrons. The average Bonchev–Trinajstić information content (AvgIpc) is 2.78. The molecule has 1 N–H and O–H groups in total. The average molecular weight is 413 g/mol. The predicted molar refractivity (Wildman–Crippen MR) is 124 cm³/mol. The number of hydrogen-bond donors (Lipinski definition) is 1. The van der Waals surface area contributed by atoms with Crippen molar-refractivity contribution in [2.75, 3.05) is 4.90 Å². The van der Waals surface area contributed by atoms with Crippen LogP contribution in [0.1, 0.15) is 18.1 Å². The summed E-state index contributed by atoms with van der Waals surface area (Å²) in [5.41, 5.74) is 4.78. The van der Waals surface area contributed by atoms with Crippen molar-refractivity contribution in [1.82, 2.24) is 5.32 Å². The molecule has 0 atom stereocenters. The number of carbonyl (C=O) groups is 2. The van der Waals surface area contributed by atoms with Gasteiger partial charge in [0.15, 0.2) is 5.11 Å². The fourth-order valence-electron chi connectivity index (χ4n) is 3.34.